The second-order valence-electron chi connectivity index (χ2n) is 9.06. The summed E-state index contributed by atoms with van der Waals surface area (Å²) >= 11 is 6.37. The largest absolute Gasteiger partial charge is 0.507 e. The van der Waals surface area contributed by atoms with E-state index in [-0.39, 0.29) is 46.7 Å². The molecule has 0 bridgehead atoms. The van der Waals surface area contributed by atoms with Crippen molar-refractivity contribution in [3.05, 3.63) is 99.1 Å². The molecule has 1 amide bonds. The van der Waals surface area contributed by atoms with E-state index in [0.29, 0.717) is 16.8 Å². The molecule has 1 aliphatic heterocycles. The van der Waals surface area contributed by atoms with Crippen molar-refractivity contribution in [3.63, 3.8) is 0 Å². The first kappa shape index (κ1) is 26.9. The van der Waals surface area contributed by atoms with Gasteiger partial charge in [0.1, 0.15) is 11.5 Å². The first-order chi connectivity index (χ1) is 18.2. The Morgan fingerprint density at radius 2 is 1.74 bits per heavy atom. The van der Waals surface area contributed by atoms with E-state index in [4.69, 9.17) is 21.1 Å². The first-order valence-electron chi connectivity index (χ1n) is 12.1. The number of methoxy groups -OCH3 is 1. The zero-order valence-corrected chi connectivity index (χ0v) is 22.3. The van der Waals surface area contributed by atoms with Gasteiger partial charge in [-0.1, -0.05) is 53.6 Å². The lowest BCUT2D eigenvalue weighted by Crippen LogP contribution is -2.29. The van der Waals surface area contributed by atoms with Gasteiger partial charge in [0.05, 0.1) is 42.3 Å². The topological polar surface area (TPSA) is 93.1 Å². The summed E-state index contributed by atoms with van der Waals surface area (Å²) in [5.41, 5.74) is 3.62. The number of ketones is 1. The Morgan fingerprint density at radius 1 is 1.03 bits per heavy atom. The SMILES string of the molecule is CCOC(=O)Cc1ccc(N2C(=O)C(=O)/C(=C(/O)c3cc(C)cc(Cl)c3OC)C2c2cccc(C)c2)cc1. The van der Waals surface area contributed by atoms with Crippen molar-refractivity contribution in [2.45, 2.75) is 33.2 Å². The number of aliphatic hydroxyl groups is 1. The van der Waals surface area contributed by atoms with E-state index in [1.807, 2.05) is 25.1 Å². The molecule has 0 spiro atoms. The van der Waals surface area contributed by atoms with E-state index in [1.165, 1.54) is 12.0 Å². The van der Waals surface area contributed by atoms with Gasteiger partial charge in [0.15, 0.2) is 0 Å². The summed E-state index contributed by atoms with van der Waals surface area (Å²) in [6, 6.07) is 16.6. The van der Waals surface area contributed by atoms with Crippen LogP contribution in [0.15, 0.2) is 66.2 Å². The van der Waals surface area contributed by atoms with E-state index in [1.54, 1.807) is 56.3 Å². The number of hydrogen-bond acceptors (Lipinski definition) is 6. The van der Waals surface area contributed by atoms with E-state index >= 15 is 0 Å². The van der Waals surface area contributed by atoms with Crippen molar-refractivity contribution < 1.29 is 29.0 Å². The van der Waals surface area contributed by atoms with Gasteiger partial charge in [0.25, 0.3) is 11.7 Å². The molecule has 1 fully saturated rings. The Labute approximate surface area is 226 Å². The molecule has 1 atom stereocenters. The number of halogens is 1. The van der Waals surface area contributed by atoms with Crippen molar-refractivity contribution >= 4 is 40.7 Å². The van der Waals surface area contributed by atoms with Gasteiger partial charge in [-0.05, 0) is 61.7 Å². The minimum Gasteiger partial charge on any atom is -0.507 e. The van der Waals surface area contributed by atoms with Gasteiger partial charge in [0.2, 0.25) is 0 Å². The number of carbonyl (C=O) groups is 3. The lowest BCUT2D eigenvalue weighted by Gasteiger charge is -2.26. The molecule has 0 radical (unpaired) electrons. The molecular weight excluding hydrogens is 506 g/mol. The number of nitrogens with zero attached hydrogens (tertiary/aromatic N) is 1. The maximum Gasteiger partial charge on any atom is 0.310 e. The third-order valence-electron chi connectivity index (χ3n) is 6.32. The molecule has 1 N–H and O–H groups in total. The number of carbonyl (C=O) groups excluding carboxylic acids is 3. The Bertz CT molecular complexity index is 1440. The van der Waals surface area contributed by atoms with Gasteiger partial charge in [-0.15, -0.1) is 0 Å². The number of aliphatic hydroxyl groups excluding tert-OH is 1. The van der Waals surface area contributed by atoms with Gasteiger partial charge in [-0.3, -0.25) is 19.3 Å². The number of aryl methyl sites for hydroxylation is 2. The van der Waals surface area contributed by atoms with Gasteiger partial charge >= 0.3 is 5.97 Å². The Hall–Kier alpha value is -4.10. The number of esters is 1. The zero-order chi connectivity index (χ0) is 27.6. The molecule has 1 aliphatic rings. The standard InChI is InChI=1S/C30H28ClNO6/c1-5-38-24(33)16-19-9-11-21(12-10-19)32-26(20-8-6-7-17(2)13-20)25(28(35)30(32)36)27(34)22-14-18(3)15-23(31)29(22)37-4/h6-15,26,34H,5,16H2,1-4H3/b27-25+. The van der Waals surface area contributed by atoms with Crippen LogP contribution in [0.1, 0.15) is 40.8 Å². The van der Waals surface area contributed by atoms with E-state index in [0.717, 1.165) is 11.1 Å². The highest BCUT2D eigenvalue weighted by molar-refractivity contribution is 6.51. The van der Waals surface area contributed by atoms with Crippen LogP contribution in [-0.2, 0) is 25.5 Å². The number of rotatable bonds is 7. The molecule has 0 aliphatic carbocycles. The van der Waals surface area contributed by atoms with Crippen LogP contribution in [0.2, 0.25) is 5.02 Å². The Balaban J connectivity index is 1.88. The smallest absolute Gasteiger partial charge is 0.310 e. The van der Waals surface area contributed by atoms with Gasteiger partial charge in [-0.25, -0.2) is 0 Å². The average Bonchev–Trinajstić information content (AvgIpc) is 3.14. The second kappa shape index (κ2) is 11.1. The second-order valence-corrected chi connectivity index (χ2v) is 9.47. The molecule has 0 saturated carbocycles. The number of hydrogen-bond donors (Lipinski definition) is 1. The van der Waals surface area contributed by atoms with Crippen LogP contribution in [-0.4, -0.2) is 36.5 Å². The molecule has 3 aromatic carbocycles. The summed E-state index contributed by atoms with van der Waals surface area (Å²) in [6.07, 6.45) is 0.0855. The molecule has 1 heterocycles. The summed E-state index contributed by atoms with van der Waals surface area (Å²) in [5, 5.41) is 11.8. The van der Waals surface area contributed by atoms with Crippen molar-refractivity contribution in [3.8, 4) is 5.75 Å². The van der Waals surface area contributed by atoms with Crippen LogP contribution in [0.5, 0.6) is 5.75 Å². The van der Waals surface area contributed by atoms with Crippen molar-refractivity contribution in [1.29, 1.82) is 0 Å². The summed E-state index contributed by atoms with van der Waals surface area (Å²) in [7, 11) is 1.42. The molecule has 3 aromatic rings. The molecule has 1 unspecified atom stereocenters. The maximum atomic E-state index is 13.5. The molecule has 0 aromatic heterocycles. The molecule has 38 heavy (non-hydrogen) atoms. The lowest BCUT2D eigenvalue weighted by molar-refractivity contribution is -0.142. The fourth-order valence-electron chi connectivity index (χ4n) is 4.66. The van der Waals surface area contributed by atoms with E-state index in [2.05, 4.69) is 0 Å². The third kappa shape index (κ3) is 5.15. The first-order valence-corrected chi connectivity index (χ1v) is 12.5. The average molecular weight is 534 g/mol. The van der Waals surface area contributed by atoms with Crippen molar-refractivity contribution in [2.24, 2.45) is 0 Å². The van der Waals surface area contributed by atoms with Crippen LogP contribution >= 0.6 is 11.6 Å². The van der Waals surface area contributed by atoms with Crippen LogP contribution < -0.4 is 9.64 Å². The number of ether oxygens (including phenoxy) is 2. The molecule has 4 rings (SSSR count). The summed E-state index contributed by atoms with van der Waals surface area (Å²) < 4.78 is 10.4. The predicted octanol–water partition coefficient (Wildman–Crippen LogP) is 5.70. The lowest BCUT2D eigenvalue weighted by atomic mass is 9.93. The number of benzene rings is 3. The third-order valence-corrected chi connectivity index (χ3v) is 6.60. The monoisotopic (exact) mass is 533 g/mol. The number of anilines is 1. The highest BCUT2D eigenvalue weighted by atomic mass is 35.5. The van der Waals surface area contributed by atoms with Gasteiger partial charge in [-0.2, -0.15) is 0 Å². The van der Waals surface area contributed by atoms with Crippen molar-refractivity contribution in [2.75, 3.05) is 18.6 Å². The summed E-state index contributed by atoms with van der Waals surface area (Å²) in [6.45, 7) is 5.73. The normalized spacial score (nSPS) is 16.6. The summed E-state index contributed by atoms with van der Waals surface area (Å²) in [5.74, 6) is -2.14. The fourth-order valence-corrected chi connectivity index (χ4v) is 5.02. The Morgan fingerprint density at radius 3 is 2.37 bits per heavy atom. The van der Waals surface area contributed by atoms with E-state index in [9.17, 15) is 19.5 Å². The van der Waals surface area contributed by atoms with Gasteiger partial charge in [0, 0.05) is 5.69 Å². The van der Waals surface area contributed by atoms with Crippen molar-refractivity contribution in [1.82, 2.24) is 0 Å². The molecule has 196 valence electrons. The maximum absolute atomic E-state index is 13.5. The van der Waals surface area contributed by atoms with Crippen LogP contribution in [0.3, 0.4) is 0 Å². The highest BCUT2D eigenvalue weighted by Crippen LogP contribution is 2.44. The molecule has 1 saturated heterocycles. The fraction of sp³-hybridized carbons (Fsp3) is 0.233. The number of amides is 1. The Kier molecular flexibility index (Phi) is 7.88. The zero-order valence-electron chi connectivity index (χ0n) is 21.6. The highest BCUT2D eigenvalue weighted by Gasteiger charge is 2.47. The number of Topliss-reactive ketones (excluding diaryl/α,β-unsaturated/α-hetero) is 1. The summed E-state index contributed by atoms with van der Waals surface area (Å²) in [4.78, 5) is 40.2. The minimum atomic E-state index is -0.908. The van der Waals surface area contributed by atoms with Crippen LogP contribution in [0.4, 0.5) is 5.69 Å². The molecule has 8 heteroatoms. The van der Waals surface area contributed by atoms with Gasteiger partial charge < -0.3 is 14.6 Å². The minimum absolute atomic E-state index is 0.0730. The van der Waals surface area contributed by atoms with Crippen LogP contribution in [0, 0.1) is 13.8 Å². The predicted molar refractivity (Wildman–Crippen MR) is 145 cm³/mol. The van der Waals surface area contributed by atoms with E-state index < -0.39 is 17.7 Å². The van der Waals surface area contributed by atoms with Crippen LogP contribution in [0.25, 0.3) is 5.76 Å². The molecule has 7 nitrogen and oxygen atoms in total. The quantitative estimate of drug-likeness (QED) is 0.181. The molecular formula is C30H28ClNO6.